The lowest BCUT2D eigenvalue weighted by molar-refractivity contribution is -0.128. The molecule has 170 valence electrons. The highest BCUT2D eigenvalue weighted by Crippen LogP contribution is 2.18. The molecule has 0 saturated carbocycles. The summed E-state index contributed by atoms with van der Waals surface area (Å²) in [7, 11) is 1.56. The van der Waals surface area contributed by atoms with Gasteiger partial charge in [-0.3, -0.25) is 14.4 Å². The summed E-state index contributed by atoms with van der Waals surface area (Å²) in [6, 6.07) is 12.0. The summed E-state index contributed by atoms with van der Waals surface area (Å²) in [6.07, 6.45) is 1.49. The van der Waals surface area contributed by atoms with E-state index in [-0.39, 0.29) is 36.0 Å². The smallest absolute Gasteiger partial charge is 0.253 e. The number of hydrogen-bond donors (Lipinski definition) is 2. The predicted molar refractivity (Wildman–Crippen MR) is 118 cm³/mol. The predicted octanol–water partition coefficient (Wildman–Crippen LogP) is 2.30. The molecule has 3 amide bonds. The van der Waals surface area contributed by atoms with E-state index in [1.807, 2.05) is 0 Å². The lowest BCUT2D eigenvalue weighted by atomic mass is 10.0. The first-order chi connectivity index (χ1) is 15.4. The first-order valence-electron chi connectivity index (χ1n) is 10.6. The van der Waals surface area contributed by atoms with E-state index < -0.39 is 6.04 Å². The van der Waals surface area contributed by atoms with Gasteiger partial charge in [-0.15, -0.1) is 0 Å². The quantitative estimate of drug-likeness (QED) is 0.690. The lowest BCUT2D eigenvalue weighted by Gasteiger charge is -2.33. The number of amides is 3. The molecule has 0 spiro atoms. The molecule has 2 aromatic carbocycles. The lowest BCUT2D eigenvalue weighted by Crippen LogP contribution is -2.53. The Bertz CT molecular complexity index is 956. The largest absolute Gasteiger partial charge is 0.497 e. The number of ether oxygens (including phenoxy) is 1. The Kier molecular flexibility index (Phi) is 7.81. The second kappa shape index (κ2) is 10.7. The van der Waals surface area contributed by atoms with Crippen molar-refractivity contribution in [3.8, 4) is 5.75 Å². The number of nitrogens with zero attached hydrogens (tertiary/aromatic N) is 1. The van der Waals surface area contributed by atoms with E-state index in [2.05, 4.69) is 10.6 Å². The minimum atomic E-state index is -0.755. The van der Waals surface area contributed by atoms with Crippen LogP contribution in [0.5, 0.6) is 5.75 Å². The monoisotopic (exact) mass is 441 g/mol. The van der Waals surface area contributed by atoms with Gasteiger partial charge in [-0.25, -0.2) is 4.39 Å². The number of benzene rings is 2. The highest BCUT2D eigenvalue weighted by atomic mass is 19.1. The Labute approximate surface area is 186 Å². The molecule has 1 saturated heterocycles. The first kappa shape index (κ1) is 23.2. The van der Waals surface area contributed by atoms with Crippen LogP contribution in [-0.2, 0) is 16.0 Å². The number of methoxy groups -OCH3 is 1. The van der Waals surface area contributed by atoms with Crippen molar-refractivity contribution in [2.75, 3.05) is 20.2 Å². The molecule has 0 aromatic heterocycles. The Balaban J connectivity index is 1.55. The summed E-state index contributed by atoms with van der Waals surface area (Å²) >= 11 is 0. The standard InChI is InChI=1S/C24H28FN3O4/c1-16(29)26-22(14-17-6-8-19(25)9-7-17)23(30)27-20-10-12-28(13-11-20)24(31)18-4-3-5-21(15-18)32-2/h3-9,15,20,22H,10-14H2,1-2H3,(H,26,29)(H,27,30). The van der Waals surface area contributed by atoms with Gasteiger partial charge in [0.05, 0.1) is 7.11 Å². The number of hydrogen-bond acceptors (Lipinski definition) is 4. The molecule has 2 aromatic rings. The van der Waals surface area contributed by atoms with Gasteiger partial charge in [-0.2, -0.15) is 0 Å². The maximum absolute atomic E-state index is 13.2. The zero-order chi connectivity index (χ0) is 23.1. The number of likely N-dealkylation sites (tertiary alicyclic amines) is 1. The Morgan fingerprint density at radius 3 is 2.44 bits per heavy atom. The van der Waals surface area contributed by atoms with Crippen LogP contribution in [0.25, 0.3) is 0 Å². The van der Waals surface area contributed by atoms with Crippen LogP contribution < -0.4 is 15.4 Å². The normalized spacial score (nSPS) is 15.0. The minimum Gasteiger partial charge on any atom is -0.497 e. The maximum Gasteiger partial charge on any atom is 0.253 e. The molecule has 1 aliphatic rings. The average molecular weight is 442 g/mol. The van der Waals surface area contributed by atoms with E-state index in [1.165, 1.54) is 19.1 Å². The Morgan fingerprint density at radius 2 is 1.81 bits per heavy atom. The summed E-state index contributed by atoms with van der Waals surface area (Å²) in [5, 5.41) is 5.66. The summed E-state index contributed by atoms with van der Waals surface area (Å²) in [4.78, 5) is 38.9. The fourth-order valence-electron chi connectivity index (χ4n) is 3.78. The molecule has 1 aliphatic heterocycles. The third kappa shape index (κ3) is 6.29. The van der Waals surface area contributed by atoms with Crippen LogP contribution in [0.15, 0.2) is 48.5 Å². The molecule has 1 atom stereocenters. The van der Waals surface area contributed by atoms with E-state index in [1.54, 1.807) is 48.4 Å². The van der Waals surface area contributed by atoms with Crippen molar-refractivity contribution >= 4 is 17.7 Å². The molecule has 1 unspecified atom stereocenters. The van der Waals surface area contributed by atoms with Gasteiger partial charge in [0.15, 0.2) is 0 Å². The van der Waals surface area contributed by atoms with E-state index in [0.717, 1.165) is 5.56 Å². The summed E-state index contributed by atoms with van der Waals surface area (Å²) in [5.74, 6) is -0.401. The van der Waals surface area contributed by atoms with Gasteiger partial charge in [0.25, 0.3) is 5.91 Å². The van der Waals surface area contributed by atoms with Crippen LogP contribution in [0, 0.1) is 5.82 Å². The molecule has 0 bridgehead atoms. The third-order valence-electron chi connectivity index (χ3n) is 5.49. The Hall–Kier alpha value is -3.42. The van der Waals surface area contributed by atoms with Crippen LogP contribution in [-0.4, -0.2) is 54.9 Å². The molecule has 1 heterocycles. The molecule has 1 fully saturated rings. The van der Waals surface area contributed by atoms with Gasteiger partial charge in [-0.05, 0) is 48.7 Å². The van der Waals surface area contributed by atoms with Crippen LogP contribution in [0.1, 0.15) is 35.7 Å². The van der Waals surface area contributed by atoms with Crippen molar-refractivity contribution in [3.05, 3.63) is 65.5 Å². The number of rotatable bonds is 7. The van der Waals surface area contributed by atoms with Gasteiger partial charge in [0, 0.05) is 38.0 Å². The average Bonchev–Trinajstić information content (AvgIpc) is 2.80. The zero-order valence-electron chi connectivity index (χ0n) is 18.3. The van der Waals surface area contributed by atoms with Crippen LogP contribution in [0.4, 0.5) is 4.39 Å². The number of nitrogens with one attached hydrogen (secondary N) is 2. The first-order valence-corrected chi connectivity index (χ1v) is 10.6. The number of halogens is 1. The molecule has 32 heavy (non-hydrogen) atoms. The van der Waals surface area contributed by atoms with E-state index in [4.69, 9.17) is 4.74 Å². The fraction of sp³-hybridized carbons (Fsp3) is 0.375. The van der Waals surface area contributed by atoms with Crippen molar-refractivity contribution < 1.29 is 23.5 Å². The van der Waals surface area contributed by atoms with Gasteiger partial charge in [0.2, 0.25) is 11.8 Å². The van der Waals surface area contributed by atoms with Gasteiger partial charge in [0.1, 0.15) is 17.6 Å². The van der Waals surface area contributed by atoms with Crippen molar-refractivity contribution in [1.29, 1.82) is 0 Å². The zero-order valence-corrected chi connectivity index (χ0v) is 18.3. The highest BCUT2D eigenvalue weighted by molar-refractivity contribution is 5.94. The van der Waals surface area contributed by atoms with Crippen molar-refractivity contribution in [2.24, 2.45) is 0 Å². The summed E-state index contributed by atoms with van der Waals surface area (Å²) < 4.78 is 18.3. The second-order valence-electron chi connectivity index (χ2n) is 7.89. The van der Waals surface area contributed by atoms with Gasteiger partial charge < -0.3 is 20.3 Å². The molecule has 0 radical (unpaired) electrons. The fourth-order valence-corrected chi connectivity index (χ4v) is 3.78. The van der Waals surface area contributed by atoms with Crippen LogP contribution in [0.3, 0.4) is 0 Å². The highest BCUT2D eigenvalue weighted by Gasteiger charge is 2.27. The second-order valence-corrected chi connectivity index (χ2v) is 7.89. The molecule has 2 N–H and O–H groups in total. The third-order valence-corrected chi connectivity index (χ3v) is 5.49. The van der Waals surface area contributed by atoms with E-state index >= 15 is 0 Å². The topological polar surface area (TPSA) is 87.7 Å². The summed E-state index contributed by atoms with van der Waals surface area (Å²) in [6.45, 7) is 2.39. The van der Waals surface area contributed by atoms with Gasteiger partial charge >= 0.3 is 0 Å². The minimum absolute atomic E-state index is 0.0684. The molecule has 7 nitrogen and oxygen atoms in total. The number of carbonyl (C=O) groups is 3. The van der Waals surface area contributed by atoms with E-state index in [0.29, 0.717) is 37.2 Å². The number of carbonyl (C=O) groups excluding carboxylic acids is 3. The van der Waals surface area contributed by atoms with Crippen LogP contribution >= 0.6 is 0 Å². The SMILES string of the molecule is COc1cccc(C(=O)N2CCC(NC(=O)C(Cc3ccc(F)cc3)NC(C)=O)CC2)c1. The molecular formula is C24H28FN3O4. The molecule has 8 heteroatoms. The number of piperidine rings is 1. The van der Waals surface area contributed by atoms with Crippen LogP contribution in [0.2, 0.25) is 0 Å². The Morgan fingerprint density at radius 1 is 1.12 bits per heavy atom. The van der Waals surface area contributed by atoms with Gasteiger partial charge in [-0.1, -0.05) is 18.2 Å². The van der Waals surface area contributed by atoms with Crippen molar-refractivity contribution in [3.63, 3.8) is 0 Å². The maximum atomic E-state index is 13.2. The van der Waals surface area contributed by atoms with E-state index in [9.17, 15) is 18.8 Å². The van der Waals surface area contributed by atoms with Crippen molar-refractivity contribution in [2.45, 2.75) is 38.3 Å². The molecular weight excluding hydrogens is 413 g/mol. The molecule has 0 aliphatic carbocycles. The van der Waals surface area contributed by atoms with Crippen molar-refractivity contribution in [1.82, 2.24) is 15.5 Å². The molecule has 3 rings (SSSR count). The summed E-state index contributed by atoms with van der Waals surface area (Å²) in [5.41, 5.74) is 1.32.